The molecule has 35 heavy (non-hydrogen) atoms. The molecule has 1 amide bonds. The number of nitrogens with one attached hydrogen (secondary N) is 1. The standard InChI is InChI=1S/C25H24ClFN2O5S/c1-33-20-3-2-4-21(16-20)34-24-10-5-18(26)15-23(24)28-25(30)17-11-13-29(14-12-17)35(31,32)22-8-6-19(27)7-9-22/h2-10,15-17H,11-14H2,1H3,(H,28,30). The van der Waals surface area contributed by atoms with Gasteiger partial charge in [0.25, 0.3) is 0 Å². The highest BCUT2D eigenvalue weighted by atomic mass is 35.5. The van der Waals surface area contributed by atoms with Crippen LogP contribution in [0.2, 0.25) is 5.02 Å². The lowest BCUT2D eigenvalue weighted by atomic mass is 9.97. The SMILES string of the molecule is COc1cccc(Oc2ccc(Cl)cc2NC(=O)C2CCN(S(=O)(=O)c3ccc(F)cc3)CC2)c1. The second-order valence-corrected chi connectivity index (χ2v) is 10.4. The number of sulfonamides is 1. The van der Waals surface area contributed by atoms with Gasteiger partial charge in [-0.15, -0.1) is 0 Å². The summed E-state index contributed by atoms with van der Waals surface area (Å²) >= 11 is 6.15. The molecule has 0 aromatic heterocycles. The number of anilines is 1. The average molecular weight is 519 g/mol. The van der Waals surface area contributed by atoms with Gasteiger partial charge in [-0.1, -0.05) is 17.7 Å². The van der Waals surface area contributed by atoms with Gasteiger partial charge in [-0.3, -0.25) is 4.79 Å². The van der Waals surface area contributed by atoms with Crippen molar-refractivity contribution >= 4 is 33.2 Å². The number of amides is 1. The number of hydrogen-bond acceptors (Lipinski definition) is 5. The van der Waals surface area contributed by atoms with Gasteiger partial charge in [0.2, 0.25) is 15.9 Å². The molecule has 4 rings (SSSR count). The Labute approximate surface area is 208 Å². The third kappa shape index (κ3) is 5.93. The van der Waals surface area contributed by atoms with E-state index in [9.17, 15) is 17.6 Å². The van der Waals surface area contributed by atoms with Gasteiger partial charge in [0, 0.05) is 30.1 Å². The normalized spacial score (nSPS) is 14.9. The number of methoxy groups -OCH3 is 1. The van der Waals surface area contributed by atoms with Crippen molar-refractivity contribution in [1.82, 2.24) is 4.31 Å². The van der Waals surface area contributed by atoms with Crippen LogP contribution in [0.15, 0.2) is 71.6 Å². The summed E-state index contributed by atoms with van der Waals surface area (Å²) < 4.78 is 51.3. The molecule has 0 spiro atoms. The van der Waals surface area contributed by atoms with E-state index in [1.54, 1.807) is 49.6 Å². The molecule has 0 radical (unpaired) electrons. The zero-order valence-corrected chi connectivity index (χ0v) is 20.5. The van der Waals surface area contributed by atoms with Crippen molar-refractivity contribution in [2.24, 2.45) is 5.92 Å². The van der Waals surface area contributed by atoms with Gasteiger partial charge >= 0.3 is 0 Å². The fourth-order valence-corrected chi connectivity index (χ4v) is 5.47. The second kappa shape index (κ2) is 10.6. The second-order valence-electron chi connectivity index (χ2n) is 8.04. The van der Waals surface area contributed by atoms with E-state index in [-0.39, 0.29) is 23.9 Å². The summed E-state index contributed by atoms with van der Waals surface area (Å²) in [5.74, 6) is 0.424. The monoisotopic (exact) mass is 518 g/mol. The van der Waals surface area contributed by atoms with E-state index in [2.05, 4.69) is 5.32 Å². The molecule has 1 heterocycles. The first-order valence-electron chi connectivity index (χ1n) is 10.9. The molecule has 3 aromatic carbocycles. The fourth-order valence-electron chi connectivity index (χ4n) is 3.83. The molecule has 3 aromatic rings. The Hall–Kier alpha value is -3.14. The topological polar surface area (TPSA) is 84.9 Å². The van der Waals surface area contributed by atoms with Crippen molar-refractivity contribution in [2.45, 2.75) is 17.7 Å². The molecule has 7 nitrogen and oxygen atoms in total. The molecular formula is C25H24ClFN2O5S. The summed E-state index contributed by atoms with van der Waals surface area (Å²) in [6.07, 6.45) is 0.692. The third-order valence-corrected chi connectivity index (χ3v) is 7.89. The minimum atomic E-state index is -3.75. The van der Waals surface area contributed by atoms with Gasteiger partial charge in [0.1, 0.15) is 17.3 Å². The van der Waals surface area contributed by atoms with Gasteiger partial charge in [0.15, 0.2) is 5.75 Å². The molecule has 0 saturated carbocycles. The molecule has 10 heteroatoms. The molecule has 0 bridgehead atoms. The molecule has 1 aliphatic rings. The van der Waals surface area contributed by atoms with Crippen LogP contribution in [0.3, 0.4) is 0 Å². The number of benzene rings is 3. The lowest BCUT2D eigenvalue weighted by molar-refractivity contribution is -0.120. The van der Waals surface area contributed by atoms with E-state index in [0.29, 0.717) is 40.8 Å². The van der Waals surface area contributed by atoms with Crippen molar-refractivity contribution in [3.05, 3.63) is 77.6 Å². The molecule has 1 fully saturated rings. The lowest BCUT2D eigenvalue weighted by Crippen LogP contribution is -2.41. The van der Waals surface area contributed by atoms with Crippen LogP contribution >= 0.6 is 11.6 Å². The Kier molecular flexibility index (Phi) is 7.59. The predicted molar refractivity (Wildman–Crippen MR) is 131 cm³/mol. The number of carbonyl (C=O) groups is 1. The predicted octanol–water partition coefficient (Wildman–Crippen LogP) is 5.32. The average Bonchev–Trinajstić information content (AvgIpc) is 2.86. The number of ether oxygens (including phenoxy) is 2. The zero-order valence-electron chi connectivity index (χ0n) is 18.9. The van der Waals surface area contributed by atoms with Crippen LogP contribution < -0.4 is 14.8 Å². The maximum atomic E-state index is 13.2. The maximum absolute atomic E-state index is 13.2. The van der Waals surface area contributed by atoms with Crippen molar-refractivity contribution in [3.63, 3.8) is 0 Å². The summed E-state index contributed by atoms with van der Waals surface area (Å²) in [6.45, 7) is 0.362. The Morgan fingerprint density at radius 3 is 2.40 bits per heavy atom. The first-order valence-corrected chi connectivity index (χ1v) is 12.8. The van der Waals surface area contributed by atoms with Gasteiger partial charge in [-0.2, -0.15) is 4.31 Å². The summed E-state index contributed by atoms with van der Waals surface area (Å²) in [5, 5.41) is 3.30. The van der Waals surface area contributed by atoms with Crippen molar-refractivity contribution in [1.29, 1.82) is 0 Å². The largest absolute Gasteiger partial charge is 0.497 e. The van der Waals surface area contributed by atoms with Crippen LogP contribution in [0, 0.1) is 11.7 Å². The third-order valence-electron chi connectivity index (χ3n) is 5.74. The molecule has 0 aliphatic carbocycles. The van der Waals surface area contributed by atoms with E-state index >= 15 is 0 Å². The molecule has 1 aliphatic heterocycles. The quantitative estimate of drug-likeness (QED) is 0.457. The Morgan fingerprint density at radius 2 is 1.71 bits per heavy atom. The first-order chi connectivity index (χ1) is 16.8. The zero-order chi connectivity index (χ0) is 25.0. The van der Waals surface area contributed by atoms with Crippen LogP contribution in [0.4, 0.5) is 10.1 Å². The minimum absolute atomic E-state index is 0.0278. The van der Waals surface area contributed by atoms with Crippen molar-refractivity contribution in [3.8, 4) is 17.2 Å². The smallest absolute Gasteiger partial charge is 0.243 e. The van der Waals surface area contributed by atoms with Crippen LogP contribution in [-0.2, 0) is 14.8 Å². The van der Waals surface area contributed by atoms with Crippen LogP contribution in [0.5, 0.6) is 17.2 Å². The highest BCUT2D eigenvalue weighted by molar-refractivity contribution is 7.89. The summed E-state index contributed by atoms with van der Waals surface area (Å²) in [5.41, 5.74) is 0.409. The first kappa shape index (κ1) is 25.0. The van der Waals surface area contributed by atoms with Gasteiger partial charge in [0.05, 0.1) is 17.7 Å². The Bertz CT molecular complexity index is 1310. The van der Waals surface area contributed by atoms with Gasteiger partial charge < -0.3 is 14.8 Å². The minimum Gasteiger partial charge on any atom is -0.497 e. The Balaban J connectivity index is 1.42. The molecule has 0 atom stereocenters. The van der Waals surface area contributed by atoms with E-state index < -0.39 is 21.8 Å². The number of piperidine rings is 1. The summed E-state index contributed by atoms with van der Waals surface area (Å²) in [6, 6.07) is 16.7. The van der Waals surface area contributed by atoms with Crippen LogP contribution in [0.1, 0.15) is 12.8 Å². The van der Waals surface area contributed by atoms with E-state index in [4.69, 9.17) is 21.1 Å². The lowest BCUT2D eigenvalue weighted by Gasteiger charge is -2.30. The summed E-state index contributed by atoms with van der Waals surface area (Å²) in [7, 11) is -2.19. The molecule has 1 N–H and O–H groups in total. The fraction of sp³-hybridized carbons (Fsp3) is 0.240. The number of carbonyl (C=O) groups excluding carboxylic acids is 1. The number of hydrogen-bond donors (Lipinski definition) is 1. The van der Waals surface area contributed by atoms with Crippen molar-refractivity contribution < 1.29 is 27.1 Å². The van der Waals surface area contributed by atoms with Gasteiger partial charge in [-0.25, -0.2) is 12.8 Å². The number of halogens is 2. The van der Waals surface area contributed by atoms with Crippen LogP contribution in [0.25, 0.3) is 0 Å². The summed E-state index contributed by atoms with van der Waals surface area (Å²) in [4.78, 5) is 13.0. The molecule has 184 valence electrons. The molecule has 1 saturated heterocycles. The highest BCUT2D eigenvalue weighted by Gasteiger charge is 2.32. The van der Waals surface area contributed by atoms with E-state index in [0.717, 1.165) is 12.1 Å². The van der Waals surface area contributed by atoms with E-state index in [1.807, 2.05) is 0 Å². The molecular weight excluding hydrogens is 495 g/mol. The number of nitrogens with zero attached hydrogens (tertiary/aromatic N) is 1. The van der Waals surface area contributed by atoms with Crippen molar-refractivity contribution in [2.75, 3.05) is 25.5 Å². The maximum Gasteiger partial charge on any atom is 0.243 e. The van der Waals surface area contributed by atoms with Gasteiger partial charge in [-0.05, 0) is 67.4 Å². The highest BCUT2D eigenvalue weighted by Crippen LogP contribution is 2.34. The Morgan fingerprint density at radius 1 is 1.03 bits per heavy atom. The molecule has 0 unspecified atom stereocenters. The van der Waals surface area contributed by atoms with E-state index in [1.165, 1.54) is 16.4 Å². The number of rotatable bonds is 7. The van der Waals surface area contributed by atoms with Crippen LogP contribution in [-0.4, -0.2) is 38.8 Å².